The van der Waals surface area contributed by atoms with Crippen molar-refractivity contribution in [2.24, 2.45) is 17.8 Å². The van der Waals surface area contributed by atoms with Crippen molar-refractivity contribution in [3.63, 3.8) is 0 Å². The molecule has 2 aromatic carbocycles. The van der Waals surface area contributed by atoms with Crippen LogP contribution < -0.4 is 36.6 Å². The molecule has 0 radical (unpaired) electrons. The maximum Gasteiger partial charge on any atom is 0.251 e. The molecular formula is C45H71N7O7. The van der Waals surface area contributed by atoms with Crippen LogP contribution in [0.3, 0.4) is 0 Å². The maximum atomic E-state index is 13.5. The van der Waals surface area contributed by atoms with Crippen LogP contribution in [-0.2, 0) is 19.2 Å². The summed E-state index contributed by atoms with van der Waals surface area (Å²) in [5, 5.41) is 17.1. The second-order valence-electron chi connectivity index (χ2n) is 16.0. The van der Waals surface area contributed by atoms with Crippen molar-refractivity contribution in [2.75, 3.05) is 32.7 Å². The van der Waals surface area contributed by atoms with E-state index in [0.717, 1.165) is 25.9 Å². The Morgan fingerprint density at radius 2 is 1.07 bits per heavy atom. The number of ether oxygens (including phenoxy) is 1. The molecule has 6 amide bonds. The number of likely N-dealkylation sites (N-methyl/N-ethyl adjacent to an activating group) is 1. The van der Waals surface area contributed by atoms with Crippen LogP contribution in [-0.4, -0.2) is 97.2 Å². The summed E-state index contributed by atoms with van der Waals surface area (Å²) in [6, 6.07) is 9.70. The van der Waals surface area contributed by atoms with Gasteiger partial charge in [-0.3, -0.25) is 28.8 Å². The lowest BCUT2D eigenvalue weighted by molar-refractivity contribution is -0.131. The molecule has 0 aliphatic heterocycles. The van der Waals surface area contributed by atoms with Crippen LogP contribution in [0.4, 0.5) is 0 Å². The largest absolute Gasteiger partial charge is 0.457 e. The van der Waals surface area contributed by atoms with Gasteiger partial charge in [0.2, 0.25) is 23.6 Å². The molecule has 328 valence electrons. The molecular weight excluding hydrogens is 751 g/mol. The highest BCUT2D eigenvalue weighted by atomic mass is 16.5. The van der Waals surface area contributed by atoms with Crippen LogP contribution in [0.1, 0.15) is 122 Å². The molecule has 0 unspecified atom stereocenters. The SMILES string of the molecule is CCCCNC(=O)[C@H](CC(C)C)NC(=O)[C@@H](NC(=O)c1ccc(Oc2ccc(C(=O)N[C@@H](CC(C)C)C(=O)N[C@@H](C)C(=O)NCCN(CC)CC)cc2)cc1)[C@@H](C)CC. The third kappa shape index (κ3) is 17.8. The molecule has 59 heavy (non-hydrogen) atoms. The first-order valence-corrected chi connectivity index (χ1v) is 21.4. The highest BCUT2D eigenvalue weighted by Gasteiger charge is 2.31. The summed E-state index contributed by atoms with van der Waals surface area (Å²) in [7, 11) is 0. The van der Waals surface area contributed by atoms with Gasteiger partial charge in [-0.1, -0.05) is 75.2 Å². The minimum Gasteiger partial charge on any atom is -0.457 e. The van der Waals surface area contributed by atoms with Crippen LogP contribution >= 0.6 is 0 Å². The molecule has 2 rings (SSSR count). The number of nitrogens with zero attached hydrogens (tertiary/aromatic N) is 1. The molecule has 0 aromatic heterocycles. The molecule has 0 aliphatic carbocycles. The van der Waals surface area contributed by atoms with Gasteiger partial charge < -0.3 is 41.5 Å². The van der Waals surface area contributed by atoms with Gasteiger partial charge in [0, 0.05) is 30.8 Å². The number of hydrogen-bond donors (Lipinski definition) is 6. The van der Waals surface area contributed by atoms with E-state index in [4.69, 9.17) is 4.74 Å². The average Bonchev–Trinajstić information content (AvgIpc) is 3.20. The number of amides is 6. The summed E-state index contributed by atoms with van der Waals surface area (Å²) in [4.78, 5) is 81.1. The molecule has 0 bridgehead atoms. The van der Waals surface area contributed by atoms with E-state index in [1.54, 1.807) is 55.5 Å². The lowest BCUT2D eigenvalue weighted by atomic mass is 9.96. The van der Waals surface area contributed by atoms with Gasteiger partial charge in [-0.05, 0) is 106 Å². The van der Waals surface area contributed by atoms with Gasteiger partial charge in [0.1, 0.15) is 35.7 Å². The fourth-order valence-corrected chi connectivity index (χ4v) is 6.24. The van der Waals surface area contributed by atoms with Gasteiger partial charge in [0.05, 0.1) is 0 Å². The average molecular weight is 822 g/mol. The van der Waals surface area contributed by atoms with Crippen LogP contribution in [0, 0.1) is 17.8 Å². The maximum absolute atomic E-state index is 13.5. The van der Waals surface area contributed by atoms with Crippen molar-refractivity contribution in [3.8, 4) is 11.5 Å². The Bertz CT molecular complexity index is 1630. The lowest BCUT2D eigenvalue weighted by Crippen LogP contribution is -2.56. The third-order valence-electron chi connectivity index (χ3n) is 10.1. The van der Waals surface area contributed by atoms with Crippen LogP contribution in [0.2, 0.25) is 0 Å². The van der Waals surface area contributed by atoms with Gasteiger partial charge in [0.15, 0.2) is 0 Å². The van der Waals surface area contributed by atoms with E-state index in [9.17, 15) is 28.8 Å². The minimum atomic E-state index is -0.852. The van der Waals surface area contributed by atoms with Gasteiger partial charge in [0.25, 0.3) is 11.8 Å². The first-order chi connectivity index (χ1) is 28.0. The normalized spacial score (nSPS) is 13.8. The number of carbonyl (C=O) groups is 6. The Morgan fingerprint density at radius 1 is 0.576 bits per heavy atom. The zero-order valence-electron chi connectivity index (χ0n) is 37.0. The van der Waals surface area contributed by atoms with E-state index in [2.05, 4.69) is 50.6 Å². The van der Waals surface area contributed by atoms with E-state index in [1.807, 2.05) is 48.5 Å². The summed E-state index contributed by atoms with van der Waals surface area (Å²) in [5.41, 5.74) is 0.646. The third-order valence-corrected chi connectivity index (χ3v) is 10.1. The molecule has 0 saturated carbocycles. The predicted octanol–water partition coefficient (Wildman–Crippen LogP) is 5.18. The Kier molecular flexibility index (Phi) is 22.3. The quantitative estimate of drug-likeness (QED) is 0.0701. The minimum absolute atomic E-state index is 0.0975. The van der Waals surface area contributed by atoms with Gasteiger partial charge in [-0.25, -0.2) is 0 Å². The van der Waals surface area contributed by atoms with Crippen LogP contribution in [0.25, 0.3) is 0 Å². The Morgan fingerprint density at radius 3 is 1.54 bits per heavy atom. The Labute approximate surface area is 352 Å². The Balaban J connectivity index is 2.04. The van der Waals surface area contributed by atoms with E-state index in [1.165, 1.54) is 0 Å². The molecule has 14 heteroatoms. The predicted molar refractivity (Wildman–Crippen MR) is 232 cm³/mol. The molecule has 0 heterocycles. The molecule has 0 saturated heterocycles. The number of rotatable bonds is 26. The summed E-state index contributed by atoms with van der Waals surface area (Å²) in [5.74, 6) is -1.28. The molecule has 14 nitrogen and oxygen atoms in total. The summed E-state index contributed by atoms with van der Waals surface area (Å²) in [6.45, 7) is 23.0. The van der Waals surface area contributed by atoms with E-state index < -0.39 is 47.8 Å². The van der Waals surface area contributed by atoms with Gasteiger partial charge in [-0.2, -0.15) is 0 Å². The standard InChI is InChI=1S/C45H71N7O7/c1-11-15-24-46-43(56)37(27-29(5)6)50-45(58)39(31(9)12-2)51-42(55)34-18-22-36(23-19-34)59-35-20-16-33(17-21-35)41(54)49-38(28-30(7)8)44(57)48-32(10)40(53)47-25-26-52(13-3)14-4/h16-23,29-32,37-39H,11-15,24-28H2,1-10H3,(H,46,56)(H,47,53)(H,48,57)(H,49,54)(H,50,58)(H,51,55)/t31-,32-,37-,38-,39-/m0/s1. The number of hydrogen-bond acceptors (Lipinski definition) is 8. The fourth-order valence-electron chi connectivity index (χ4n) is 6.24. The number of benzene rings is 2. The second-order valence-corrected chi connectivity index (χ2v) is 16.0. The van der Waals surface area contributed by atoms with Crippen molar-refractivity contribution in [1.29, 1.82) is 0 Å². The lowest BCUT2D eigenvalue weighted by Gasteiger charge is -2.27. The van der Waals surface area contributed by atoms with Crippen LogP contribution in [0.15, 0.2) is 48.5 Å². The van der Waals surface area contributed by atoms with Gasteiger partial charge in [-0.15, -0.1) is 0 Å². The van der Waals surface area contributed by atoms with E-state index in [0.29, 0.717) is 61.5 Å². The molecule has 6 N–H and O–H groups in total. The molecule has 2 aromatic rings. The smallest absolute Gasteiger partial charge is 0.251 e. The number of carbonyl (C=O) groups excluding carboxylic acids is 6. The summed E-state index contributed by atoms with van der Waals surface area (Å²) < 4.78 is 5.98. The number of unbranched alkanes of at least 4 members (excludes halogenated alkanes) is 1. The monoisotopic (exact) mass is 822 g/mol. The topological polar surface area (TPSA) is 187 Å². The van der Waals surface area contributed by atoms with Crippen LogP contribution in [0.5, 0.6) is 11.5 Å². The summed E-state index contributed by atoms with van der Waals surface area (Å²) in [6.07, 6.45) is 3.27. The zero-order valence-corrected chi connectivity index (χ0v) is 37.0. The Hall–Kier alpha value is -4.98. The zero-order chi connectivity index (χ0) is 44.1. The van der Waals surface area contributed by atoms with E-state index >= 15 is 0 Å². The second kappa shape index (κ2) is 26.2. The first-order valence-electron chi connectivity index (χ1n) is 21.4. The van der Waals surface area contributed by atoms with Crippen molar-refractivity contribution < 1.29 is 33.5 Å². The molecule has 5 atom stereocenters. The fraction of sp³-hybridized carbons (Fsp3) is 0.600. The highest BCUT2D eigenvalue weighted by Crippen LogP contribution is 2.23. The first kappa shape index (κ1) is 50.2. The molecule has 0 aliphatic rings. The van der Waals surface area contributed by atoms with Gasteiger partial charge >= 0.3 is 0 Å². The highest BCUT2D eigenvalue weighted by molar-refractivity contribution is 5.99. The van der Waals surface area contributed by atoms with Crippen molar-refractivity contribution >= 4 is 35.4 Å². The molecule has 0 fully saturated rings. The van der Waals surface area contributed by atoms with Crippen molar-refractivity contribution in [2.45, 2.75) is 126 Å². The number of nitrogens with one attached hydrogen (secondary N) is 6. The molecule has 0 spiro atoms. The van der Waals surface area contributed by atoms with Crippen molar-refractivity contribution in [3.05, 3.63) is 59.7 Å². The van der Waals surface area contributed by atoms with E-state index in [-0.39, 0.29) is 29.6 Å². The van der Waals surface area contributed by atoms with Crippen molar-refractivity contribution in [1.82, 2.24) is 36.8 Å². The summed E-state index contributed by atoms with van der Waals surface area (Å²) >= 11 is 0.